The molecule has 1 aromatic rings. The summed E-state index contributed by atoms with van der Waals surface area (Å²) in [6.07, 6.45) is -1.66. The van der Waals surface area contributed by atoms with Crippen molar-refractivity contribution < 1.29 is 24.3 Å². The molecular weight excluding hydrogens is 264 g/mol. The molecule has 0 aliphatic carbocycles. The summed E-state index contributed by atoms with van der Waals surface area (Å²) >= 11 is 0. The first-order chi connectivity index (χ1) is 9.54. The Labute approximate surface area is 117 Å². The number of amides is 2. The SMILES string of the molecule is CC(CO)N(C)C(=O)ONC(=O)OCc1ccccc1. The van der Waals surface area contributed by atoms with Gasteiger partial charge in [-0.2, -0.15) is 0 Å². The number of hydrogen-bond acceptors (Lipinski definition) is 5. The van der Waals surface area contributed by atoms with Gasteiger partial charge in [-0.25, -0.2) is 9.59 Å². The monoisotopic (exact) mass is 282 g/mol. The molecule has 7 nitrogen and oxygen atoms in total. The number of likely N-dealkylation sites (N-methyl/N-ethyl adjacent to an activating group) is 1. The van der Waals surface area contributed by atoms with Gasteiger partial charge in [-0.3, -0.25) is 0 Å². The van der Waals surface area contributed by atoms with Crippen molar-refractivity contribution in [3.8, 4) is 0 Å². The average molecular weight is 282 g/mol. The van der Waals surface area contributed by atoms with Crippen LogP contribution in [0, 0.1) is 0 Å². The number of benzene rings is 1. The molecule has 1 rings (SSSR count). The lowest BCUT2D eigenvalue weighted by Gasteiger charge is -2.21. The number of hydrogen-bond donors (Lipinski definition) is 2. The molecule has 1 unspecified atom stereocenters. The van der Waals surface area contributed by atoms with E-state index in [0.29, 0.717) is 0 Å². The van der Waals surface area contributed by atoms with Crippen molar-refractivity contribution in [2.24, 2.45) is 0 Å². The van der Waals surface area contributed by atoms with Crippen molar-refractivity contribution in [1.29, 1.82) is 0 Å². The Bertz CT molecular complexity index is 438. The van der Waals surface area contributed by atoms with Gasteiger partial charge in [0.1, 0.15) is 6.61 Å². The summed E-state index contributed by atoms with van der Waals surface area (Å²) in [6.45, 7) is 1.51. The number of aliphatic hydroxyl groups excluding tert-OH is 1. The Hall–Kier alpha value is -2.28. The molecule has 0 saturated heterocycles. The molecule has 0 radical (unpaired) electrons. The number of carbonyl (C=O) groups excluding carboxylic acids is 2. The highest BCUT2D eigenvalue weighted by molar-refractivity contribution is 5.72. The Morgan fingerprint density at radius 1 is 1.35 bits per heavy atom. The number of aliphatic hydroxyl groups is 1. The lowest BCUT2D eigenvalue weighted by molar-refractivity contribution is 0.0336. The van der Waals surface area contributed by atoms with Gasteiger partial charge in [0.2, 0.25) is 0 Å². The number of carbonyl (C=O) groups is 2. The molecule has 0 fully saturated rings. The van der Waals surface area contributed by atoms with Crippen LogP contribution in [0.1, 0.15) is 12.5 Å². The first-order valence-corrected chi connectivity index (χ1v) is 6.05. The highest BCUT2D eigenvalue weighted by atomic mass is 16.7. The van der Waals surface area contributed by atoms with Gasteiger partial charge in [-0.05, 0) is 12.5 Å². The first kappa shape index (κ1) is 15.8. The molecule has 110 valence electrons. The Balaban J connectivity index is 2.28. The van der Waals surface area contributed by atoms with E-state index in [1.54, 1.807) is 19.1 Å². The predicted octanol–water partition coefficient (Wildman–Crippen LogP) is 1.28. The Morgan fingerprint density at radius 3 is 2.60 bits per heavy atom. The molecule has 0 heterocycles. The molecule has 1 aromatic carbocycles. The van der Waals surface area contributed by atoms with Gasteiger partial charge in [0.05, 0.1) is 12.6 Å². The van der Waals surface area contributed by atoms with Crippen molar-refractivity contribution in [2.75, 3.05) is 13.7 Å². The highest BCUT2D eigenvalue weighted by Gasteiger charge is 2.17. The fourth-order valence-electron chi connectivity index (χ4n) is 1.21. The quantitative estimate of drug-likeness (QED) is 0.812. The Morgan fingerprint density at radius 2 is 2.00 bits per heavy atom. The molecular formula is C13H18N2O5. The van der Waals surface area contributed by atoms with Gasteiger partial charge < -0.3 is 19.6 Å². The molecule has 20 heavy (non-hydrogen) atoms. The standard InChI is InChI=1S/C13H18N2O5/c1-10(8-16)15(2)13(18)20-14-12(17)19-9-11-6-4-3-5-7-11/h3-7,10,16H,8-9H2,1-2H3,(H,14,17). The zero-order valence-electron chi connectivity index (χ0n) is 11.4. The van der Waals surface area contributed by atoms with E-state index in [0.717, 1.165) is 10.5 Å². The number of rotatable bonds is 4. The lowest BCUT2D eigenvalue weighted by atomic mass is 10.2. The van der Waals surface area contributed by atoms with Crippen LogP contribution in [-0.2, 0) is 16.2 Å². The van der Waals surface area contributed by atoms with E-state index in [1.165, 1.54) is 7.05 Å². The van der Waals surface area contributed by atoms with Gasteiger partial charge >= 0.3 is 12.2 Å². The molecule has 2 amide bonds. The summed E-state index contributed by atoms with van der Waals surface area (Å²) in [5, 5.41) is 8.88. The molecule has 2 N–H and O–H groups in total. The third kappa shape index (κ3) is 5.15. The van der Waals surface area contributed by atoms with E-state index >= 15 is 0 Å². The van der Waals surface area contributed by atoms with Crippen molar-refractivity contribution in [3.63, 3.8) is 0 Å². The highest BCUT2D eigenvalue weighted by Crippen LogP contribution is 2.01. The second-order valence-corrected chi connectivity index (χ2v) is 4.17. The largest absolute Gasteiger partial charge is 0.443 e. The van der Waals surface area contributed by atoms with E-state index in [-0.39, 0.29) is 13.2 Å². The van der Waals surface area contributed by atoms with Crippen LogP contribution in [-0.4, -0.2) is 41.9 Å². The molecule has 0 aromatic heterocycles. The number of hydroxylamine groups is 1. The lowest BCUT2D eigenvalue weighted by Crippen LogP contribution is -2.41. The van der Waals surface area contributed by atoms with Crippen LogP contribution in [0.3, 0.4) is 0 Å². The van der Waals surface area contributed by atoms with Gasteiger partial charge in [-0.1, -0.05) is 30.3 Å². The predicted molar refractivity (Wildman–Crippen MR) is 70.6 cm³/mol. The summed E-state index contributed by atoms with van der Waals surface area (Å²) in [5.41, 5.74) is 2.70. The van der Waals surface area contributed by atoms with Crippen molar-refractivity contribution in [3.05, 3.63) is 35.9 Å². The number of nitrogens with zero attached hydrogens (tertiary/aromatic N) is 1. The van der Waals surface area contributed by atoms with E-state index in [4.69, 9.17) is 9.84 Å². The summed E-state index contributed by atoms with van der Waals surface area (Å²) in [7, 11) is 1.44. The van der Waals surface area contributed by atoms with Gasteiger partial charge in [0.25, 0.3) is 0 Å². The van der Waals surface area contributed by atoms with Crippen LogP contribution in [0.4, 0.5) is 9.59 Å². The summed E-state index contributed by atoms with van der Waals surface area (Å²) in [5.74, 6) is 0. The minimum absolute atomic E-state index is 0.0765. The minimum atomic E-state index is -0.868. The zero-order valence-corrected chi connectivity index (χ0v) is 11.4. The van der Waals surface area contributed by atoms with Crippen LogP contribution in [0.2, 0.25) is 0 Å². The third-order valence-corrected chi connectivity index (χ3v) is 2.65. The van der Waals surface area contributed by atoms with Gasteiger partial charge in [0, 0.05) is 7.05 Å². The fourth-order valence-corrected chi connectivity index (χ4v) is 1.21. The van der Waals surface area contributed by atoms with E-state index in [1.807, 2.05) is 23.7 Å². The fraction of sp³-hybridized carbons (Fsp3) is 0.385. The smallest absolute Gasteiger partial charge is 0.441 e. The number of ether oxygens (including phenoxy) is 1. The summed E-state index contributed by atoms with van der Waals surface area (Å²) in [6, 6.07) is 8.68. The van der Waals surface area contributed by atoms with Crippen LogP contribution in [0.25, 0.3) is 0 Å². The van der Waals surface area contributed by atoms with Crippen LogP contribution in [0.5, 0.6) is 0 Å². The van der Waals surface area contributed by atoms with E-state index < -0.39 is 18.2 Å². The minimum Gasteiger partial charge on any atom is -0.443 e. The summed E-state index contributed by atoms with van der Waals surface area (Å²) in [4.78, 5) is 28.4. The first-order valence-electron chi connectivity index (χ1n) is 6.05. The van der Waals surface area contributed by atoms with E-state index in [9.17, 15) is 9.59 Å². The second kappa shape index (κ2) is 8.00. The van der Waals surface area contributed by atoms with Crippen LogP contribution < -0.4 is 5.48 Å². The van der Waals surface area contributed by atoms with Crippen molar-refractivity contribution >= 4 is 12.2 Å². The molecule has 0 aliphatic rings. The molecule has 0 bridgehead atoms. The zero-order chi connectivity index (χ0) is 15.0. The molecule has 0 saturated carbocycles. The maximum atomic E-state index is 11.4. The van der Waals surface area contributed by atoms with Gasteiger partial charge in [0.15, 0.2) is 0 Å². The van der Waals surface area contributed by atoms with Gasteiger partial charge in [-0.15, -0.1) is 5.48 Å². The number of nitrogens with one attached hydrogen (secondary N) is 1. The van der Waals surface area contributed by atoms with Crippen molar-refractivity contribution in [1.82, 2.24) is 10.4 Å². The average Bonchev–Trinajstić information content (AvgIpc) is 2.49. The van der Waals surface area contributed by atoms with E-state index in [2.05, 4.69) is 4.84 Å². The molecule has 1 atom stereocenters. The van der Waals surface area contributed by atoms with Crippen LogP contribution >= 0.6 is 0 Å². The third-order valence-electron chi connectivity index (χ3n) is 2.65. The molecule has 7 heteroatoms. The van der Waals surface area contributed by atoms with Crippen molar-refractivity contribution in [2.45, 2.75) is 19.6 Å². The summed E-state index contributed by atoms with van der Waals surface area (Å²) < 4.78 is 4.85. The molecule has 0 spiro atoms. The molecule has 0 aliphatic heterocycles. The maximum absolute atomic E-state index is 11.4. The Kier molecular flexibility index (Phi) is 6.31. The second-order valence-electron chi connectivity index (χ2n) is 4.17. The van der Waals surface area contributed by atoms with Crippen LogP contribution in [0.15, 0.2) is 30.3 Å². The topological polar surface area (TPSA) is 88.1 Å². The maximum Gasteiger partial charge on any atom is 0.441 e. The normalized spacial score (nSPS) is 11.3.